The SMILES string of the molecule is CCn1c(S[C@H]2CCCCC2=O)nc2scc(-c3cccs3)c2c1=O. The largest absolute Gasteiger partial charge is 0.298 e. The third-order valence-corrected chi connectivity index (χ3v) is 7.59. The number of Topliss-reactive ketones (excluding diaryl/α,β-unsaturated/α-hetero) is 1. The number of hydrogen-bond donors (Lipinski definition) is 0. The van der Waals surface area contributed by atoms with Crippen LogP contribution in [0, 0.1) is 0 Å². The number of carbonyl (C=O) groups excluding carboxylic acids is 1. The van der Waals surface area contributed by atoms with E-state index in [2.05, 4.69) is 0 Å². The number of aromatic nitrogens is 2. The molecule has 1 aliphatic rings. The van der Waals surface area contributed by atoms with Crippen LogP contribution in [0.3, 0.4) is 0 Å². The van der Waals surface area contributed by atoms with Crippen LogP contribution < -0.4 is 5.56 Å². The Labute approximate surface area is 157 Å². The molecule has 0 radical (unpaired) electrons. The second-order valence-electron chi connectivity index (χ2n) is 6.07. The first kappa shape index (κ1) is 17.0. The second kappa shape index (κ2) is 7.05. The summed E-state index contributed by atoms with van der Waals surface area (Å²) in [6.07, 6.45) is 3.59. The van der Waals surface area contributed by atoms with Gasteiger partial charge in [0.2, 0.25) is 0 Å². The molecule has 25 heavy (non-hydrogen) atoms. The summed E-state index contributed by atoms with van der Waals surface area (Å²) in [6, 6.07) is 4.03. The van der Waals surface area contributed by atoms with E-state index in [1.54, 1.807) is 15.9 Å². The van der Waals surface area contributed by atoms with Crippen molar-refractivity contribution >= 4 is 50.4 Å². The van der Waals surface area contributed by atoms with Crippen LogP contribution in [0.5, 0.6) is 0 Å². The molecular formula is C18H18N2O2S3. The van der Waals surface area contributed by atoms with Crippen molar-refractivity contribution in [3.8, 4) is 10.4 Å². The maximum Gasteiger partial charge on any atom is 0.263 e. The summed E-state index contributed by atoms with van der Waals surface area (Å²) in [7, 11) is 0. The lowest BCUT2D eigenvalue weighted by Crippen LogP contribution is -2.26. The van der Waals surface area contributed by atoms with Gasteiger partial charge < -0.3 is 0 Å². The number of thioether (sulfide) groups is 1. The average Bonchev–Trinajstić information content (AvgIpc) is 3.26. The van der Waals surface area contributed by atoms with E-state index in [0.29, 0.717) is 29.3 Å². The first-order chi connectivity index (χ1) is 12.2. The summed E-state index contributed by atoms with van der Waals surface area (Å²) in [5.74, 6) is 0.290. The zero-order chi connectivity index (χ0) is 17.4. The van der Waals surface area contributed by atoms with Gasteiger partial charge in [0, 0.05) is 28.8 Å². The van der Waals surface area contributed by atoms with E-state index in [4.69, 9.17) is 4.98 Å². The molecule has 0 saturated heterocycles. The number of nitrogens with zero attached hydrogens (tertiary/aromatic N) is 2. The highest BCUT2D eigenvalue weighted by molar-refractivity contribution is 8.00. The molecule has 0 amide bonds. The lowest BCUT2D eigenvalue weighted by atomic mass is 9.99. The molecule has 0 N–H and O–H groups in total. The van der Waals surface area contributed by atoms with E-state index in [1.807, 2.05) is 29.8 Å². The lowest BCUT2D eigenvalue weighted by molar-refractivity contribution is -0.119. The molecule has 1 saturated carbocycles. The molecule has 4 rings (SSSR count). The number of ketones is 1. The van der Waals surface area contributed by atoms with Gasteiger partial charge in [-0.15, -0.1) is 22.7 Å². The highest BCUT2D eigenvalue weighted by Crippen LogP contribution is 2.36. The van der Waals surface area contributed by atoms with Crippen LogP contribution in [0.1, 0.15) is 32.6 Å². The topological polar surface area (TPSA) is 52.0 Å². The van der Waals surface area contributed by atoms with E-state index in [-0.39, 0.29) is 10.8 Å². The van der Waals surface area contributed by atoms with E-state index >= 15 is 0 Å². The van der Waals surface area contributed by atoms with E-state index < -0.39 is 0 Å². The number of carbonyl (C=O) groups is 1. The molecule has 3 aromatic heterocycles. The molecule has 0 aliphatic heterocycles. The summed E-state index contributed by atoms with van der Waals surface area (Å²) in [6.45, 7) is 2.52. The van der Waals surface area contributed by atoms with Gasteiger partial charge >= 0.3 is 0 Å². The molecular weight excluding hydrogens is 372 g/mol. The van der Waals surface area contributed by atoms with Gasteiger partial charge in [-0.25, -0.2) is 4.98 Å². The molecule has 130 valence electrons. The van der Waals surface area contributed by atoms with Crippen molar-refractivity contribution in [3.63, 3.8) is 0 Å². The van der Waals surface area contributed by atoms with Gasteiger partial charge in [-0.1, -0.05) is 24.2 Å². The van der Waals surface area contributed by atoms with E-state index in [9.17, 15) is 9.59 Å². The Kier molecular flexibility index (Phi) is 4.80. The molecule has 0 unspecified atom stereocenters. The molecule has 0 bridgehead atoms. The van der Waals surface area contributed by atoms with Gasteiger partial charge in [-0.2, -0.15) is 0 Å². The zero-order valence-corrected chi connectivity index (χ0v) is 16.3. The van der Waals surface area contributed by atoms with Crippen molar-refractivity contribution in [1.82, 2.24) is 9.55 Å². The summed E-state index contributed by atoms with van der Waals surface area (Å²) >= 11 is 4.61. The Balaban J connectivity index is 1.81. The van der Waals surface area contributed by atoms with Crippen molar-refractivity contribution in [2.75, 3.05) is 0 Å². The van der Waals surface area contributed by atoms with E-state index in [1.165, 1.54) is 23.1 Å². The summed E-state index contributed by atoms with van der Waals surface area (Å²) in [5.41, 5.74) is 0.975. The molecule has 1 aliphatic carbocycles. The third kappa shape index (κ3) is 3.09. The van der Waals surface area contributed by atoms with Crippen LogP contribution in [0.2, 0.25) is 0 Å². The van der Waals surface area contributed by atoms with Crippen molar-refractivity contribution in [2.45, 2.75) is 49.6 Å². The molecule has 0 aromatic carbocycles. The summed E-state index contributed by atoms with van der Waals surface area (Å²) in [5, 5.41) is 5.36. The highest BCUT2D eigenvalue weighted by atomic mass is 32.2. The number of thiophene rings is 2. The van der Waals surface area contributed by atoms with Crippen LogP contribution >= 0.6 is 34.4 Å². The molecule has 4 nitrogen and oxygen atoms in total. The first-order valence-electron chi connectivity index (χ1n) is 8.44. The Hall–Kier alpha value is -1.44. The van der Waals surface area contributed by atoms with Crippen molar-refractivity contribution < 1.29 is 4.79 Å². The van der Waals surface area contributed by atoms with E-state index in [0.717, 1.165) is 34.5 Å². The molecule has 1 fully saturated rings. The van der Waals surface area contributed by atoms with Crippen LogP contribution in [-0.2, 0) is 11.3 Å². The fourth-order valence-electron chi connectivity index (χ4n) is 3.19. The van der Waals surface area contributed by atoms with Crippen LogP contribution in [-0.4, -0.2) is 20.6 Å². The minimum absolute atomic E-state index is 0.00269. The molecule has 7 heteroatoms. The smallest absolute Gasteiger partial charge is 0.263 e. The van der Waals surface area contributed by atoms with Crippen LogP contribution in [0.25, 0.3) is 20.7 Å². The standard InChI is InChI=1S/C18H18N2O2S3/c1-2-20-17(22)15-11(13-8-5-9-23-13)10-24-16(15)19-18(20)25-14-7-4-3-6-12(14)21/h5,8-10,14H,2-4,6-7H2,1H3/t14-/m0/s1. The Morgan fingerprint density at radius 1 is 1.32 bits per heavy atom. The molecule has 3 aromatic rings. The quantitative estimate of drug-likeness (QED) is 0.600. The van der Waals surface area contributed by atoms with Crippen LogP contribution in [0.15, 0.2) is 32.8 Å². The minimum atomic E-state index is -0.0624. The first-order valence-corrected chi connectivity index (χ1v) is 11.1. The normalized spacial score (nSPS) is 18.1. The van der Waals surface area contributed by atoms with Gasteiger partial charge in [0.25, 0.3) is 5.56 Å². The van der Waals surface area contributed by atoms with Crippen LogP contribution in [0.4, 0.5) is 0 Å². The predicted octanol–water partition coefficient (Wildman–Crippen LogP) is 4.81. The number of rotatable bonds is 4. The van der Waals surface area contributed by atoms with Crippen molar-refractivity contribution in [3.05, 3.63) is 33.2 Å². The lowest BCUT2D eigenvalue weighted by Gasteiger charge is -2.20. The third-order valence-electron chi connectivity index (χ3n) is 4.51. The summed E-state index contributed by atoms with van der Waals surface area (Å²) in [4.78, 5) is 31.9. The van der Waals surface area contributed by atoms with Crippen molar-refractivity contribution in [2.24, 2.45) is 0 Å². The Bertz CT molecular complexity index is 972. The van der Waals surface area contributed by atoms with Gasteiger partial charge in [0.1, 0.15) is 10.6 Å². The maximum absolute atomic E-state index is 13.1. The fraction of sp³-hybridized carbons (Fsp3) is 0.389. The van der Waals surface area contributed by atoms with Gasteiger partial charge in [0.15, 0.2) is 5.16 Å². The monoisotopic (exact) mass is 390 g/mol. The van der Waals surface area contributed by atoms with Gasteiger partial charge in [-0.3, -0.25) is 14.2 Å². The Morgan fingerprint density at radius 3 is 2.92 bits per heavy atom. The predicted molar refractivity (Wildman–Crippen MR) is 106 cm³/mol. The number of fused-ring (bicyclic) bond motifs is 1. The highest BCUT2D eigenvalue weighted by Gasteiger charge is 2.26. The average molecular weight is 391 g/mol. The maximum atomic E-state index is 13.1. The minimum Gasteiger partial charge on any atom is -0.298 e. The zero-order valence-electron chi connectivity index (χ0n) is 13.9. The molecule has 3 heterocycles. The Morgan fingerprint density at radius 2 is 2.20 bits per heavy atom. The second-order valence-corrected chi connectivity index (χ2v) is 9.04. The van der Waals surface area contributed by atoms with Crippen molar-refractivity contribution in [1.29, 1.82) is 0 Å². The number of hydrogen-bond acceptors (Lipinski definition) is 6. The fourth-order valence-corrected chi connectivity index (χ4v) is 6.27. The van der Waals surface area contributed by atoms with Gasteiger partial charge in [0.05, 0.1) is 10.6 Å². The molecule has 0 spiro atoms. The molecule has 1 atom stereocenters. The summed E-state index contributed by atoms with van der Waals surface area (Å²) < 4.78 is 1.72. The van der Waals surface area contributed by atoms with Gasteiger partial charge in [-0.05, 0) is 31.2 Å².